The van der Waals surface area contributed by atoms with Crippen LogP contribution in [-0.4, -0.2) is 15.6 Å². The summed E-state index contributed by atoms with van der Waals surface area (Å²) in [6, 6.07) is 3.15. The lowest BCUT2D eigenvalue weighted by atomic mass is 10.1. The van der Waals surface area contributed by atoms with Gasteiger partial charge in [-0.05, 0) is 18.2 Å². The second kappa shape index (κ2) is 6.63. The number of carbonyl (C=O) groups is 1. The topological polar surface area (TPSA) is 85.3 Å². The number of hydrogen-bond donors (Lipinski definition) is 2. The molecule has 1 aromatic heterocycles. The number of aliphatic hydroxyl groups excluding tert-OH is 1. The minimum atomic E-state index is -4.98. The molecule has 3 N–H and O–H groups in total. The lowest BCUT2D eigenvalue weighted by Crippen LogP contribution is -2.35. The SMILES string of the molecule is NC(=O)c1ccc(C(F)(F)F)n(C[C@@H](O)c2ccc(F)cc2F)c1=O. The molecule has 0 bridgehead atoms. The summed E-state index contributed by atoms with van der Waals surface area (Å²) in [5, 5.41) is 9.98. The summed E-state index contributed by atoms with van der Waals surface area (Å²) in [6.45, 7) is -1.02. The number of amides is 1. The van der Waals surface area contributed by atoms with E-state index in [4.69, 9.17) is 5.73 Å². The van der Waals surface area contributed by atoms with Gasteiger partial charge in [-0.1, -0.05) is 6.07 Å². The van der Waals surface area contributed by atoms with E-state index in [2.05, 4.69) is 0 Å². The second-order valence-electron chi connectivity index (χ2n) is 5.09. The lowest BCUT2D eigenvalue weighted by molar-refractivity contribution is -0.144. The zero-order valence-corrected chi connectivity index (χ0v) is 12.3. The van der Waals surface area contributed by atoms with Crippen LogP contribution in [0.15, 0.2) is 35.1 Å². The van der Waals surface area contributed by atoms with Crippen molar-refractivity contribution in [1.82, 2.24) is 4.57 Å². The number of benzene rings is 1. The fraction of sp³-hybridized carbons (Fsp3) is 0.200. The van der Waals surface area contributed by atoms with Crippen molar-refractivity contribution in [2.24, 2.45) is 5.73 Å². The van der Waals surface area contributed by atoms with Crippen molar-refractivity contribution in [3.05, 3.63) is 69.1 Å². The number of alkyl halides is 3. The molecule has 0 radical (unpaired) electrons. The van der Waals surface area contributed by atoms with Crippen LogP contribution in [0.4, 0.5) is 22.0 Å². The Morgan fingerprint density at radius 2 is 1.84 bits per heavy atom. The highest BCUT2D eigenvalue weighted by molar-refractivity contribution is 5.92. The molecule has 1 atom stereocenters. The first kappa shape index (κ1) is 18.6. The van der Waals surface area contributed by atoms with Gasteiger partial charge in [-0.3, -0.25) is 9.59 Å². The summed E-state index contributed by atoms with van der Waals surface area (Å²) in [7, 11) is 0. The number of rotatable bonds is 4. The minimum absolute atomic E-state index is 0.0769. The first-order chi connectivity index (χ1) is 11.5. The monoisotopic (exact) mass is 362 g/mol. The average molecular weight is 362 g/mol. The van der Waals surface area contributed by atoms with Crippen molar-refractivity contribution in [2.75, 3.05) is 0 Å². The molecule has 1 heterocycles. The number of aliphatic hydroxyl groups is 1. The molecule has 10 heteroatoms. The molecule has 0 saturated carbocycles. The van der Waals surface area contributed by atoms with Crippen LogP contribution in [0.3, 0.4) is 0 Å². The van der Waals surface area contributed by atoms with E-state index < -0.39 is 58.7 Å². The van der Waals surface area contributed by atoms with Gasteiger partial charge in [0.05, 0.1) is 12.6 Å². The number of primary amides is 1. The van der Waals surface area contributed by atoms with Gasteiger partial charge in [0, 0.05) is 11.6 Å². The Bertz CT molecular complexity index is 876. The van der Waals surface area contributed by atoms with Gasteiger partial charge < -0.3 is 15.4 Å². The Labute approximate surface area is 137 Å². The summed E-state index contributed by atoms with van der Waals surface area (Å²) >= 11 is 0. The number of nitrogens with two attached hydrogens (primary N) is 1. The Morgan fingerprint density at radius 1 is 1.20 bits per heavy atom. The fourth-order valence-electron chi connectivity index (χ4n) is 2.24. The summed E-state index contributed by atoms with van der Waals surface area (Å²) < 4.78 is 65.8. The number of aromatic nitrogens is 1. The molecular weight excluding hydrogens is 351 g/mol. The standard InChI is InChI=1S/C15H11F5N2O3/c16-7-1-2-8(10(17)5-7)11(23)6-22-12(15(18,19)20)4-3-9(13(21)24)14(22)25/h1-5,11,23H,6H2,(H2,21,24)/t11-/m1/s1. The van der Waals surface area contributed by atoms with Gasteiger partial charge in [-0.25, -0.2) is 8.78 Å². The third-order valence-electron chi connectivity index (χ3n) is 3.41. The van der Waals surface area contributed by atoms with Crippen molar-refractivity contribution in [1.29, 1.82) is 0 Å². The Kier molecular flexibility index (Phi) is 4.93. The Morgan fingerprint density at radius 3 is 2.36 bits per heavy atom. The summed E-state index contributed by atoms with van der Waals surface area (Å²) in [6.07, 6.45) is -6.88. The molecule has 1 aromatic carbocycles. The van der Waals surface area contributed by atoms with Crippen LogP contribution in [0.2, 0.25) is 0 Å². The van der Waals surface area contributed by atoms with E-state index in [0.29, 0.717) is 18.2 Å². The molecule has 0 unspecified atom stereocenters. The van der Waals surface area contributed by atoms with Gasteiger partial charge in [0.2, 0.25) is 0 Å². The van der Waals surface area contributed by atoms with E-state index >= 15 is 0 Å². The fourth-order valence-corrected chi connectivity index (χ4v) is 2.24. The number of carbonyl (C=O) groups excluding carboxylic acids is 1. The van der Waals surface area contributed by atoms with Crippen LogP contribution in [-0.2, 0) is 12.7 Å². The molecule has 0 aliphatic rings. The highest BCUT2D eigenvalue weighted by atomic mass is 19.4. The Balaban J connectivity index is 2.55. The predicted octanol–water partition coefficient (Wildman–Crippen LogP) is 1.98. The third-order valence-corrected chi connectivity index (χ3v) is 3.41. The average Bonchev–Trinajstić information content (AvgIpc) is 2.47. The normalized spacial score (nSPS) is 12.9. The van der Waals surface area contributed by atoms with Crippen LogP contribution in [0.1, 0.15) is 27.7 Å². The summed E-state index contributed by atoms with van der Waals surface area (Å²) in [4.78, 5) is 23.2. The predicted molar refractivity (Wildman–Crippen MR) is 75.5 cm³/mol. The highest BCUT2D eigenvalue weighted by Crippen LogP contribution is 2.30. The molecule has 0 spiro atoms. The van der Waals surface area contributed by atoms with Crippen LogP contribution < -0.4 is 11.3 Å². The first-order valence-electron chi connectivity index (χ1n) is 6.76. The van der Waals surface area contributed by atoms with Crippen LogP contribution in [0, 0.1) is 11.6 Å². The quantitative estimate of drug-likeness (QED) is 0.816. The molecule has 0 fully saturated rings. The minimum Gasteiger partial charge on any atom is -0.386 e. The van der Waals surface area contributed by atoms with Gasteiger partial charge in [-0.2, -0.15) is 13.2 Å². The van der Waals surface area contributed by atoms with Gasteiger partial charge in [0.15, 0.2) is 0 Å². The molecule has 2 rings (SSSR count). The first-order valence-corrected chi connectivity index (χ1v) is 6.76. The van der Waals surface area contributed by atoms with Crippen molar-refractivity contribution >= 4 is 5.91 Å². The van der Waals surface area contributed by atoms with Crippen molar-refractivity contribution in [2.45, 2.75) is 18.8 Å². The smallest absolute Gasteiger partial charge is 0.386 e. The van der Waals surface area contributed by atoms with Gasteiger partial charge in [0.25, 0.3) is 11.5 Å². The van der Waals surface area contributed by atoms with Crippen molar-refractivity contribution < 1.29 is 31.9 Å². The van der Waals surface area contributed by atoms with Gasteiger partial charge >= 0.3 is 6.18 Å². The van der Waals surface area contributed by atoms with Gasteiger partial charge in [0.1, 0.15) is 22.9 Å². The molecule has 5 nitrogen and oxygen atoms in total. The molecule has 134 valence electrons. The highest BCUT2D eigenvalue weighted by Gasteiger charge is 2.35. The number of halogens is 5. The molecule has 1 amide bonds. The van der Waals surface area contributed by atoms with E-state index in [0.717, 1.165) is 12.1 Å². The van der Waals surface area contributed by atoms with Crippen LogP contribution in [0.25, 0.3) is 0 Å². The number of pyridine rings is 1. The van der Waals surface area contributed by atoms with E-state index in [9.17, 15) is 36.6 Å². The van der Waals surface area contributed by atoms with Crippen molar-refractivity contribution in [3.63, 3.8) is 0 Å². The van der Waals surface area contributed by atoms with Crippen LogP contribution >= 0.6 is 0 Å². The molecule has 25 heavy (non-hydrogen) atoms. The molecule has 0 aliphatic heterocycles. The van der Waals surface area contributed by atoms with E-state index in [1.165, 1.54) is 0 Å². The maximum atomic E-state index is 13.7. The Hall–Kier alpha value is -2.75. The van der Waals surface area contributed by atoms with E-state index in [-0.39, 0.29) is 4.57 Å². The maximum absolute atomic E-state index is 13.7. The maximum Gasteiger partial charge on any atom is 0.431 e. The molecule has 0 saturated heterocycles. The lowest BCUT2D eigenvalue weighted by Gasteiger charge is -2.19. The third kappa shape index (κ3) is 3.85. The zero-order valence-electron chi connectivity index (χ0n) is 12.3. The molecule has 0 aliphatic carbocycles. The summed E-state index contributed by atoms with van der Waals surface area (Å²) in [5.74, 6) is -3.40. The second-order valence-corrected chi connectivity index (χ2v) is 5.09. The van der Waals surface area contributed by atoms with Crippen LogP contribution in [0.5, 0.6) is 0 Å². The van der Waals surface area contributed by atoms with Crippen molar-refractivity contribution in [3.8, 4) is 0 Å². The number of nitrogens with zero attached hydrogens (tertiary/aromatic N) is 1. The van der Waals surface area contributed by atoms with Gasteiger partial charge in [-0.15, -0.1) is 0 Å². The van der Waals surface area contributed by atoms with E-state index in [1.807, 2.05) is 0 Å². The zero-order chi connectivity index (χ0) is 18.9. The largest absolute Gasteiger partial charge is 0.431 e. The number of hydrogen-bond acceptors (Lipinski definition) is 3. The molecular formula is C15H11F5N2O3. The van der Waals surface area contributed by atoms with E-state index in [1.54, 1.807) is 0 Å². The molecule has 2 aromatic rings. The summed E-state index contributed by atoms with van der Waals surface area (Å²) in [5.41, 5.74) is 0.857.